The second-order valence-corrected chi connectivity index (χ2v) is 9.31. The molecule has 2 N–H and O–H groups in total. The monoisotopic (exact) mass is 421 g/mol. The van der Waals surface area contributed by atoms with Crippen LogP contribution in [0.4, 0.5) is 4.39 Å². The van der Waals surface area contributed by atoms with E-state index < -0.39 is 28.4 Å². The van der Waals surface area contributed by atoms with Gasteiger partial charge in [-0.2, -0.15) is 4.31 Å². The predicted molar refractivity (Wildman–Crippen MR) is 101 cm³/mol. The fraction of sp³-hybridized carbons (Fsp3) is 0.368. The lowest BCUT2D eigenvalue weighted by Crippen LogP contribution is -2.49. The zero-order valence-corrected chi connectivity index (χ0v) is 16.3. The van der Waals surface area contributed by atoms with Gasteiger partial charge < -0.3 is 15.0 Å². The fourth-order valence-electron chi connectivity index (χ4n) is 4.11. The molecule has 154 valence electrons. The number of piperidine rings is 1. The highest BCUT2D eigenvalue weighted by Gasteiger charge is 2.39. The van der Waals surface area contributed by atoms with E-state index in [1.165, 1.54) is 22.5 Å². The van der Waals surface area contributed by atoms with E-state index in [-0.39, 0.29) is 41.1 Å². The molecule has 3 heterocycles. The zero-order chi connectivity index (χ0) is 20.8. The molecule has 0 spiro atoms. The van der Waals surface area contributed by atoms with Crippen LogP contribution in [-0.2, 0) is 21.4 Å². The highest BCUT2D eigenvalue weighted by Crippen LogP contribution is 2.37. The second-order valence-electron chi connectivity index (χ2n) is 7.37. The van der Waals surface area contributed by atoms with E-state index in [9.17, 15) is 22.4 Å². The predicted octanol–water partition coefficient (Wildman–Crippen LogP) is 0.659. The van der Waals surface area contributed by atoms with E-state index in [4.69, 9.17) is 10.5 Å². The minimum absolute atomic E-state index is 0.0131. The molecule has 10 heteroatoms. The molecule has 8 nitrogen and oxygen atoms in total. The minimum Gasteiger partial charge on any atom is -0.481 e. The number of fused-ring (bicyclic) bond motifs is 4. The van der Waals surface area contributed by atoms with Crippen molar-refractivity contribution in [1.29, 1.82) is 0 Å². The van der Waals surface area contributed by atoms with Gasteiger partial charge in [-0.3, -0.25) is 9.59 Å². The van der Waals surface area contributed by atoms with Crippen LogP contribution >= 0.6 is 0 Å². The number of nitrogens with zero attached hydrogens (tertiary/aromatic N) is 2. The average Bonchev–Trinajstić information content (AvgIpc) is 2.67. The van der Waals surface area contributed by atoms with Crippen molar-refractivity contribution < 1.29 is 22.3 Å². The topological polar surface area (TPSA) is 112 Å². The maximum Gasteiger partial charge on any atom is 0.255 e. The highest BCUT2D eigenvalue weighted by atomic mass is 32.2. The molecule has 0 aliphatic carbocycles. The minimum atomic E-state index is -3.93. The summed E-state index contributed by atoms with van der Waals surface area (Å²) in [5, 5.41) is 0. The third-order valence-corrected chi connectivity index (χ3v) is 7.18. The Bertz CT molecular complexity index is 1130. The van der Waals surface area contributed by atoms with Crippen molar-refractivity contribution in [2.75, 3.05) is 19.7 Å². The van der Waals surface area contributed by atoms with Gasteiger partial charge in [-0.25, -0.2) is 12.8 Å². The van der Waals surface area contributed by atoms with Crippen LogP contribution in [0.3, 0.4) is 0 Å². The number of carbonyl (C=O) groups excluding carboxylic acids is 1. The van der Waals surface area contributed by atoms with Gasteiger partial charge in [0.25, 0.3) is 11.5 Å². The number of pyridine rings is 1. The van der Waals surface area contributed by atoms with Crippen molar-refractivity contribution >= 4 is 15.9 Å². The molecular formula is C19H20FN3O5S. The Kier molecular flexibility index (Phi) is 4.91. The molecule has 1 aromatic carbocycles. The van der Waals surface area contributed by atoms with Crippen molar-refractivity contribution in [3.63, 3.8) is 0 Å². The van der Waals surface area contributed by atoms with Crippen LogP contribution in [0.25, 0.3) is 0 Å². The van der Waals surface area contributed by atoms with Gasteiger partial charge in [0.2, 0.25) is 10.0 Å². The van der Waals surface area contributed by atoms with E-state index in [0.29, 0.717) is 6.54 Å². The summed E-state index contributed by atoms with van der Waals surface area (Å²) in [6, 6.07) is 8.34. The van der Waals surface area contributed by atoms with Crippen LogP contribution in [0.15, 0.2) is 46.1 Å². The van der Waals surface area contributed by atoms with Crippen LogP contribution in [0.5, 0.6) is 5.75 Å². The molecule has 0 radical (unpaired) electrons. The number of halogens is 1. The number of benzene rings is 1. The molecule has 2 aliphatic rings. The lowest BCUT2D eigenvalue weighted by atomic mass is 9.84. The standard InChI is InChI=1S/C19H20FN3O5S/c20-15-7-14(4-5-17(15)28-11-18(21)24)29(26,27)22-8-12-6-13(10-22)16-2-1-3-19(25)23(16)9-12/h1-5,7,12-13H,6,8-11H2,(H2,21,24). The summed E-state index contributed by atoms with van der Waals surface area (Å²) in [5.41, 5.74) is 5.71. The summed E-state index contributed by atoms with van der Waals surface area (Å²) in [4.78, 5) is 22.7. The maximum atomic E-state index is 14.3. The third-order valence-electron chi connectivity index (χ3n) is 5.36. The molecule has 2 bridgehead atoms. The summed E-state index contributed by atoms with van der Waals surface area (Å²) in [5.74, 6) is -1.97. The van der Waals surface area contributed by atoms with Gasteiger partial charge in [0.1, 0.15) is 0 Å². The number of hydrogen-bond donors (Lipinski definition) is 1. The largest absolute Gasteiger partial charge is 0.481 e. The lowest BCUT2D eigenvalue weighted by molar-refractivity contribution is -0.120. The van der Waals surface area contributed by atoms with Gasteiger partial charge in [-0.15, -0.1) is 0 Å². The van der Waals surface area contributed by atoms with E-state index in [0.717, 1.165) is 18.2 Å². The first-order valence-electron chi connectivity index (χ1n) is 9.16. The smallest absolute Gasteiger partial charge is 0.255 e. The van der Waals surface area contributed by atoms with Crippen molar-refractivity contribution in [1.82, 2.24) is 8.87 Å². The molecule has 2 aliphatic heterocycles. The molecule has 29 heavy (non-hydrogen) atoms. The molecule has 2 aromatic rings. The summed E-state index contributed by atoms with van der Waals surface area (Å²) in [6.45, 7) is 0.452. The summed E-state index contributed by atoms with van der Waals surface area (Å²) >= 11 is 0. The maximum absolute atomic E-state index is 14.3. The summed E-state index contributed by atoms with van der Waals surface area (Å²) in [6.07, 6.45) is 0.809. The van der Waals surface area contributed by atoms with Crippen LogP contribution < -0.4 is 16.0 Å². The summed E-state index contributed by atoms with van der Waals surface area (Å²) < 4.78 is 48.5. The first-order valence-corrected chi connectivity index (χ1v) is 10.6. The number of nitrogens with two attached hydrogens (primary N) is 1. The van der Waals surface area contributed by atoms with Gasteiger partial charge in [0, 0.05) is 37.3 Å². The van der Waals surface area contributed by atoms with E-state index >= 15 is 0 Å². The highest BCUT2D eigenvalue weighted by molar-refractivity contribution is 7.89. The third kappa shape index (κ3) is 3.65. The Morgan fingerprint density at radius 1 is 1.21 bits per heavy atom. The lowest BCUT2D eigenvalue weighted by Gasteiger charge is -2.42. The molecule has 2 unspecified atom stereocenters. The number of amides is 1. The Morgan fingerprint density at radius 2 is 2.00 bits per heavy atom. The first kappa shape index (κ1) is 19.6. The first-order chi connectivity index (χ1) is 13.8. The van der Waals surface area contributed by atoms with Crippen molar-refractivity contribution in [3.05, 3.63) is 58.3 Å². The number of hydrogen-bond acceptors (Lipinski definition) is 5. The number of aromatic nitrogens is 1. The molecular weight excluding hydrogens is 401 g/mol. The van der Waals surface area contributed by atoms with Gasteiger partial charge in [-0.05, 0) is 36.6 Å². The normalized spacial score (nSPS) is 21.4. The zero-order valence-electron chi connectivity index (χ0n) is 15.5. The fourth-order valence-corrected chi connectivity index (χ4v) is 5.68. The van der Waals surface area contributed by atoms with Gasteiger partial charge >= 0.3 is 0 Å². The second kappa shape index (κ2) is 7.27. The summed E-state index contributed by atoms with van der Waals surface area (Å²) in [7, 11) is -3.93. The Hall–Kier alpha value is -2.72. The molecule has 1 fully saturated rings. The molecule has 4 rings (SSSR count). The number of primary amides is 1. The van der Waals surface area contributed by atoms with Crippen LogP contribution in [0, 0.1) is 11.7 Å². The van der Waals surface area contributed by atoms with Crippen LogP contribution in [-0.4, -0.2) is 42.9 Å². The van der Waals surface area contributed by atoms with Crippen LogP contribution in [0.1, 0.15) is 18.0 Å². The van der Waals surface area contributed by atoms with Gasteiger partial charge in [-0.1, -0.05) is 6.07 Å². The van der Waals surface area contributed by atoms with Crippen molar-refractivity contribution in [2.45, 2.75) is 23.8 Å². The molecule has 1 aromatic heterocycles. The molecule has 2 atom stereocenters. The number of ether oxygens (including phenoxy) is 1. The number of sulfonamides is 1. The Balaban J connectivity index is 1.60. The van der Waals surface area contributed by atoms with Gasteiger partial charge in [0.15, 0.2) is 18.2 Å². The van der Waals surface area contributed by atoms with Crippen molar-refractivity contribution in [3.8, 4) is 5.75 Å². The van der Waals surface area contributed by atoms with Crippen LogP contribution in [0.2, 0.25) is 0 Å². The van der Waals surface area contributed by atoms with E-state index in [1.54, 1.807) is 10.6 Å². The number of carbonyl (C=O) groups is 1. The average molecular weight is 421 g/mol. The SMILES string of the molecule is NC(=O)COc1ccc(S(=O)(=O)N2CC3CC(C2)c2cccc(=O)n2C3)cc1F. The van der Waals surface area contributed by atoms with E-state index in [2.05, 4.69) is 0 Å². The quantitative estimate of drug-likeness (QED) is 0.762. The Labute approximate surface area is 166 Å². The molecule has 1 saturated heterocycles. The van der Waals surface area contributed by atoms with Crippen molar-refractivity contribution in [2.24, 2.45) is 11.7 Å². The molecule has 0 saturated carbocycles. The Morgan fingerprint density at radius 3 is 2.72 bits per heavy atom. The molecule has 1 amide bonds. The van der Waals surface area contributed by atoms with E-state index in [1.807, 2.05) is 6.07 Å². The number of rotatable bonds is 5. The van der Waals surface area contributed by atoms with Gasteiger partial charge in [0.05, 0.1) is 4.90 Å².